The topological polar surface area (TPSA) is 15.3 Å². The SMILES string of the molecule is CC(C)C1CCN(C(=S)NC2CCCC2)CC1. The van der Waals surface area contributed by atoms with Gasteiger partial charge in [-0.05, 0) is 49.7 Å². The zero-order valence-corrected chi connectivity index (χ0v) is 12.1. The van der Waals surface area contributed by atoms with Crippen molar-refractivity contribution in [2.24, 2.45) is 11.8 Å². The molecule has 1 heterocycles. The monoisotopic (exact) mass is 254 g/mol. The molecule has 1 saturated carbocycles. The molecule has 98 valence electrons. The van der Waals surface area contributed by atoms with E-state index in [1.165, 1.54) is 38.5 Å². The average molecular weight is 254 g/mol. The molecule has 0 aromatic rings. The van der Waals surface area contributed by atoms with Crippen molar-refractivity contribution in [3.05, 3.63) is 0 Å². The van der Waals surface area contributed by atoms with Gasteiger partial charge in [0.1, 0.15) is 0 Å². The third-order valence-corrected chi connectivity index (χ3v) is 4.83. The number of nitrogens with zero attached hydrogens (tertiary/aromatic N) is 1. The average Bonchev–Trinajstić information content (AvgIpc) is 2.82. The van der Waals surface area contributed by atoms with Crippen molar-refractivity contribution in [2.75, 3.05) is 13.1 Å². The highest BCUT2D eigenvalue weighted by molar-refractivity contribution is 7.80. The van der Waals surface area contributed by atoms with Crippen molar-refractivity contribution in [2.45, 2.75) is 58.4 Å². The van der Waals surface area contributed by atoms with Crippen molar-refractivity contribution in [3.63, 3.8) is 0 Å². The highest BCUT2D eigenvalue weighted by Crippen LogP contribution is 2.25. The maximum atomic E-state index is 5.53. The summed E-state index contributed by atoms with van der Waals surface area (Å²) in [6, 6.07) is 0.658. The molecule has 0 radical (unpaired) electrons. The lowest BCUT2D eigenvalue weighted by Crippen LogP contribution is -2.47. The van der Waals surface area contributed by atoms with Crippen LogP contribution in [0.2, 0.25) is 0 Å². The van der Waals surface area contributed by atoms with E-state index in [1.807, 2.05) is 0 Å². The van der Waals surface area contributed by atoms with Gasteiger partial charge in [-0.3, -0.25) is 0 Å². The van der Waals surface area contributed by atoms with Crippen LogP contribution in [0.25, 0.3) is 0 Å². The lowest BCUT2D eigenvalue weighted by molar-refractivity contribution is 0.217. The lowest BCUT2D eigenvalue weighted by atomic mass is 9.87. The number of nitrogens with one attached hydrogen (secondary N) is 1. The summed E-state index contributed by atoms with van der Waals surface area (Å²) in [7, 11) is 0. The number of rotatable bonds is 2. The molecule has 0 bridgehead atoms. The molecule has 0 aromatic heterocycles. The van der Waals surface area contributed by atoms with E-state index in [0.29, 0.717) is 6.04 Å². The van der Waals surface area contributed by atoms with Crippen LogP contribution in [0.15, 0.2) is 0 Å². The van der Waals surface area contributed by atoms with Gasteiger partial charge in [0.05, 0.1) is 0 Å². The molecule has 17 heavy (non-hydrogen) atoms. The molecule has 2 fully saturated rings. The first-order chi connectivity index (χ1) is 8.16. The number of hydrogen-bond donors (Lipinski definition) is 1. The van der Waals surface area contributed by atoms with Crippen molar-refractivity contribution >= 4 is 17.3 Å². The summed E-state index contributed by atoms with van der Waals surface area (Å²) in [4.78, 5) is 2.38. The van der Waals surface area contributed by atoms with Crippen LogP contribution in [-0.2, 0) is 0 Å². The molecule has 0 unspecified atom stereocenters. The van der Waals surface area contributed by atoms with Crippen LogP contribution >= 0.6 is 12.2 Å². The number of piperidine rings is 1. The van der Waals surface area contributed by atoms with Crippen LogP contribution in [0, 0.1) is 11.8 Å². The van der Waals surface area contributed by atoms with Gasteiger partial charge in [-0.25, -0.2) is 0 Å². The minimum atomic E-state index is 0.658. The largest absolute Gasteiger partial charge is 0.360 e. The molecule has 1 N–H and O–H groups in total. The second-order valence-electron chi connectivity index (χ2n) is 6.00. The molecule has 2 rings (SSSR count). The van der Waals surface area contributed by atoms with Crippen LogP contribution in [-0.4, -0.2) is 29.1 Å². The van der Waals surface area contributed by atoms with Gasteiger partial charge in [-0.15, -0.1) is 0 Å². The minimum absolute atomic E-state index is 0.658. The standard InChI is InChI=1S/C14H26N2S/c1-11(2)12-7-9-16(10-8-12)14(17)15-13-5-3-4-6-13/h11-13H,3-10H2,1-2H3,(H,15,17). The molecule has 2 aliphatic rings. The minimum Gasteiger partial charge on any atom is -0.360 e. The van der Waals surface area contributed by atoms with Crippen LogP contribution in [0.3, 0.4) is 0 Å². The second kappa shape index (κ2) is 6.03. The van der Waals surface area contributed by atoms with E-state index < -0.39 is 0 Å². The molecular weight excluding hydrogens is 228 g/mol. The smallest absolute Gasteiger partial charge is 0.169 e. The van der Waals surface area contributed by atoms with Gasteiger partial charge in [0.2, 0.25) is 0 Å². The van der Waals surface area contributed by atoms with Gasteiger partial charge < -0.3 is 10.2 Å². The zero-order valence-electron chi connectivity index (χ0n) is 11.2. The summed E-state index contributed by atoms with van der Waals surface area (Å²) in [6.45, 7) is 6.99. The Morgan fingerprint density at radius 3 is 2.24 bits per heavy atom. The molecule has 0 atom stereocenters. The Kier molecular flexibility index (Phi) is 4.66. The summed E-state index contributed by atoms with van der Waals surface area (Å²) in [5.41, 5.74) is 0. The number of likely N-dealkylation sites (tertiary alicyclic amines) is 1. The maximum absolute atomic E-state index is 5.53. The molecule has 1 aliphatic heterocycles. The van der Waals surface area contributed by atoms with E-state index in [0.717, 1.165) is 30.0 Å². The second-order valence-corrected chi connectivity index (χ2v) is 6.39. The predicted octanol–water partition coefficient (Wildman–Crippen LogP) is 3.17. The Labute approximate surface area is 111 Å². The highest BCUT2D eigenvalue weighted by atomic mass is 32.1. The molecule has 0 amide bonds. The van der Waals surface area contributed by atoms with E-state index in [1.54, 1.807) is 0 Å². The van der Waals surface area contributed by atoms with Crippen molar-refractivity contribution in [1.29, 1.82) is 0 Å². The summed E-state index contributed by atoms with van der Waals surface area (Å²) in [6.07, 6.45) is 7.98. The fraction of sp³-hybridized carbons (Fsp3) is 0.929. The third-order valence-electron chi connectivity index (χ3n) is 4.45. The van der Waals surface area contributed by atoms with E-state index >= 15 is 0 Å². The van der Waals surface area contributed by atoms with Crippen LogP contribution < -0.4 is 5.32 Å². The molecule has 1 aliphatic carbocycles. The van der Waals surface area contributed by atoms with E-state index in [4.69, 9.17) is 12.2 Å². The van der Waals surface area contributed by atoms with Crippen molar-refractivity contribution in [1.82, 2.24) is 10.2 Å². The Balaban J connectivity index is 1.74. The van der Waals surface area contributed by atoms with Gasteiger partial charge in [0.25, 0.3) is 0 Å². The quantitative estimate of drug-likeness (QED) is 0.762. The number of hydrogen-bond acceptors (Lipinski definition) is 1. The molecule has 2 nitrogen and oxygen atoms in total. The van der Waals surface area contributed by atoms with Gasteiger partial charge >= 0.3 is 0 Å². The summed E-state index contributed by atoms with van der Waals surface area (Å²) >= 11 is 5.53. The Hall–Kier alpha value is -0.310. The highest BCUT2D eigenvalue weighted by Gasteiger charge is 2.24. The summed E-state index contributed by atoms with van der Waals surface area (Å²) < 4.78 is 0. The van der Waals surface area contributed by atoms with Crippen LogP contribution in [0.1, 0.15) is 52.4 Å². The molecule has 3 heteroatoms. The zero-order chi connectivity index (χ0) is 12.3. The first-order valence-electron chi connectivity index (χ1n) is 7.22. The van der Waals surface area contributed by atoms with Gasteiger partial charge in [-0.2, -0.15) is 0 Å². The molecular formula is C14H26N2S. The van der Waals surface area contributed by atoms with E-state index in [2.05, 4.69) is 24.1 Å². The summed E-state index contributed by atoms with van der Waals surface area (Å²) in [5, 5.41) is 4.56. The van der Waals surface area contributed by atoms with E-state index in [-0.39, 0.29) is 0 Å². The normalized spacial score (nSPS) is 23.4. The molecule has 1 saturated heterocycles. The Bertz CT molecular complexity index is 251. The first-order valence-corrected chi connectivity index (χ1v) is 7.63. The maximum Gasteiger partial charge on any atom is 0.169 e. The van der Waals surface area contributed by atoms with Crippen LogP contribution in [0.4, 0.5) is 0 Å². The Morgan fingerprint density at radius 1 is 1.12 bits per heavy atom. The number of thiocarbonyl (C=S) groups is 1. The fourth-order valence-electron chi connectivity index (χ4n) is 3.11. The lowest BCUT2D eigenvalue weighted by Gasteiger charge is -2.36. The molecule has 0 aromatic carbocycles. The third kappa shape index (κ3) is 3.57. The van der Waals surface area contributed by atoms with Gasteiger partial charge in [-0.1, -0.05) is 26.7 Å². The Morgan fingerprint density at radius 2 is 1.71 bits per heavy atom. The first kappa shape index (κ1) is 13.1. The van der Waals surface area contributed by atoms with Gasteiger partial charge in [0, 0.05) is 19.1 Å². The summed E-state index contributed by atoms with van der Waals surface area (Å²) in [5.74, 6) is 1.73. The predicted molar refractivity (Wildman–Crippen MR) is 77.1 cm³/mol. The van der Waals surface area contributed by atoms with E-state index in [9.17, 15) is 0 Å². The van der Waals surface area contributed by atoms with Crippen LogP contribution in [0.5, 0.6) is 0 Å². The van der Waals surface area contributed by atoms with Crippen molar-refractivity contribution in [3.8, 4) is 0 Å². The molecule has 0 spiro atoms. The fourth-order valence-corrected chi connectivity index (χ4v) is 3.45. The van der Waals surface area contributed by atoms with Gasteiger partial charge in [0.15, 0.2) is 5.11 Å². The van der Waals surface area contributed by atoms with Crippen molar-refractivity contribution < 1.29 is 0 Å².